The minimum absolute atomic E-state index is 0. The van der Waals surface area contributed by atoms with E-state index in [9.17, 15) is 19.5 Å². The molecule has 1 N–H and O–H groups in total. The first-order chi connectivity index (χ1) is 13.4. The number of β-lactam (4-membered cyclic amide) rings is 1. The largest absolute Gasteiger partial charge is 1.00 e. The molecule has 2 aliphatic rings. The third-order valence-electron chi connectivity index (χ3n) is 3.95. The predicted molar refractivity (Wildman–Crippen MR) is 101 cm³/mol. The smallest absolute Gasteiger partial charge is 0.543 e. The molecule has 0 bridgehead atoms. The van der Waals surface area contributed by atoms with Crippen molar-refractivity contribution in [1.29, 1.82) is 0 Å². The average Bonchev–Trinajstić information content (AvgIpc) is 3.08. The third kappa shape index (κ3) is 5.48. The van der Waals surface area contributed by atoms with Gasteiger partial charge in [0.25, 0.3) is 5.91 Å². The second-order valence-electron chi connectivity index (χ2n) is 5.82. The van der Waals surface area contributed by atoms with Crippen LogP contribution in [0.2, 0.25) is 0 Å². The Morgan fingerprint density at radius 3 is 2.83 bits per heavy atom. The van der Waals surface area contributed by atoms with Crippen molar-refractivity contribution in [2.75, 3.05) is 30.3 Å². The molecule has 0 aliphatic carbocycles. The third-order valence-corrected chi connectivity index (χ3v) is 7.25. The van der Waals surface area contributed by atoms with Crippen LogP contribution < -0.4 is 40.0 Å². The Labute approximate surface area is 201 Å². The second-order valence-corrected chi connectivity index (χ2v) is 8.80. The number of ether oxygens (including phenoxy) is 1. The molecule has 1 saturated heterocycles. The van der Waals surface area contributed by atoms with Crippen molar-refractivity contribution in [3.8, 4) is 0 Å². The molecule has 2 atom stereocenters. The van der Waals surface area contributed by atoms with Gasteiger partial charge in [0.2, 0.25) is 11.1 Å². The summed E-state index contributed by atoms with van der Waals surface area (Å²) in [7, 11) is 3.21. The first kappa shape index (κ1) is 24.5. The fourth-order valence-corrected chi connectivity index (χ4v) is 5.56. The number of rotatable bonds is 9. The molecule has 2 aliphatic heterocycles. The summed E-state index contributed by atoms with van der Waals surface area (Å²) in [6, 6.07) is -0.743. The summed E-state index contributed by atoms with van der Waals surface area (Å²) in [4.78, 5) is 37.4. The van der Waals surface area contributed by atoms with Gasteiger partial charge in [0.1, 0.15) is 11.4 Å². The summed E-state index contributed by atoms with van der Waals surface area (Å²) < 4.78 is 6.34. The summed E-state index contributed by atoms with van der Waals surface area (Å²) in [5, 5.41) is 25.5. The van der Waals surface area contributed by atoms with Gasteiger partial charge in [-0.05, 0) is 16.0 Å². The monoisotopic (exact) mass is 468 g/mol. The standard InChI is InChI=1S/C14H18N6O5S3.Na/c1-19-14(16-17-18-19)28-4-7-3-27-12-9(15-8(21)5-26-6-25-2)11(22)20(12)10(7)13(23)24;/h9,12H,3-6H2,1-2H3,(H,15,21)(H,23,24);/q;+1/p-1/t9-,12?;/m0./s1. The molecule has 0 radical (unpaired) electrons. The van der Waals surface area contributed by atoms with Gasteiger partial charge in [0.05, 0.1) is 23.4 Å². The molecule has 2 amide bonds. The fraction of sp³-hybridized carbons (Fsp3) is 0.571. The van der Waals surface area contributed by atoms with Crippen LogP contribution >= 0.6 is 35.3 Å². The SMILES string of the molecule is COCSCC(=O)N[C@H]1C(=O)N2C(C(=O)[O-])=C(CSc3nnnn3C)CSC12.[Na+]. The van der Waals surface area contributed by atoms with Crippen LogP contribution in [0.5, 0.6) is 0 Å². The minimum atomic E-state index is -1.41. The number of carboxylic acid groups (broad SMARTS) is 1. The van der Waals surface area contributed by atoms with Crippen molar-refractivity contribution in [3.63, 3.8) is 0 Å². The molecule has 1 unspecified atom stereocenters. The fourth-order valence-electron chi connectivity index (χ4n) is 2.71. The number of aromatic nitrogens is 4. The number of hydrogen-bond acceptors (Lipinski definition) is 11. The molecule has 3 heterocycles. The molecular formula is C14H17N6NaO5S3. The number of thioether (sulfide) groups is 3. The quantitative estimate of drug-likeness (QED) is 0.122. The Balaban J connectivity index is 0.00000300. The van der Waals surface area contributed by atoms with Crippen LogP contribution in [0.4, 0.5) is 0 Å². The number of tetrazole rings is 1. The van der Waals surface area contributed by atoms with Crippen LogP contribution in [0.3, 0.4) is 0 Å². The van der Waals surface area contributed by atoms with E-state index < -0.39 is 23.3 Å². The van der Waals surface area contributed by atoms with Gasteiger partial charge in [-0.1, -0.05) is 11.8 Å². The molecule has 15 heteroatoms. The molecule has 0 spiro atoms. The number of carbonyl (C=O) groups excluding carboxylic acids is 3. The van der Waals surface area contributed by atoms with E-state index in [4.69, 9.17) is 4.74 Å². The summed E-state index contributed by atoms with van der Waals surface area (Å²) in [5.41, 5.74) is 0.429. The van der Waals surface area contributed by atoms with E-state index in [-0.39, 0.29) is 46.9 Å². The van der Waals surface area contributed by atoms with Crippen molar-refractivity contribution >= 4 is 53.1 Å². The summed E-state index contributed by atoms with van der Waals surface area (Å²) in [6.45, 7) is 0. The van der Waals surface area contributed by atoms with Crippen LogP contribution in [0, 0.1) is 0 Å². The number of aryl methyl sites for hydroxylation is 1. The van der Waals surface area contributed by atoms with Crippen LogP contribution in [0.25, 0.3) is 0 Å². The zero-order valence-corrected chi connectivity index (χ0v) is 20.4. The number of hydrogen-bond donors (Lipinski definition) is 1. The number of nitrogens with zero attached hydrogens (tertiary/aromatic N) is 5. The van der Waals surface area contributed by atoms with Crippen molar-refractivity contribution in [2.24, 2.45) is 7.05 Å². The molecule has 3 rings (SSSR count). The summed E-state index contributed by atoms with van der Waals surface area (Å²) in [6.07, 6.45) is 0. The first-order valence-electron chi connectivity index (χ1n) is 8.03. The van der Waals surface area contributed by atoms with E-state index in [0.717, 1.165) is 0 Å². The van der Waals surface area contributed by atoms with Gasteiger partial charge in [0, 0.05) is 25.7 Å². The number of carbonyl (C=O) groups is 3. The topological polar surface area (TPSA) is 142 Å². The molecule has 1 fully saturated rings. The molecule has 1 aromatic heterocycles. The maximum atomic E-state index is 12.5. The number of fused-ring (bicyclic) bond motifs is 1. The Morgan fingerprint density at radius 1 is 1.45 bits per heavy atom. The molecular weight excluding hydrogens is 451 g/mol. The van der Waals surface area contributed by atoms with E-state index >= 15 is 0 Å². The van der Waals surface area contributed by atoms with Crippen LogP contribution in [-0.4, -0.2) is 84.6 Å². The van der Waals surface area contributed by atoms with Crippen LogP contribution in [0.1, 0.15) is 0 Å². The number of nitrogens with one attached hydrogen (secondary N) is 1. The zero-order chi connectivity index (χ0) is 20.3. The van der Waals surface area contributed by atoms with E-state index in [2.05, 4.69) is 20.8 Å². The zero-order valence-electron chi connectivity index (χ0n) is 16.0. The number of aliphatic carboxylic acids is 1. The minimum Gasteiger partial charge on any atom is -0.543 e. The van der Waals surface area contributed by atoms with Gasteiger partial charge in [-0.2, -0.15) is 0 Å². The van der Waals surface area contributed by atoms with Gasteiger partial charge in [-0.25, -0.2) is 4.68 Å². The van der Waals surface area contributed by atoms with E-state index in [1.165, 1.54) is 52.0 Å². The normalized spacial score (nSPS) is 20.6. The average molecular weight is 469 g/mol. The van der Waals surface area contributed by atoms with E-state index in [1.807, 2.05) is 0 Å². The number of carboxylic acids is 1. The van der Waals surface area contributed by atoms with Gasteiger partial charge in [-0.15, -0.1) is 28.6 Å². The van der Waals surface area contributed by atoms with E-state index in [1.54, 1.807) is 7.05 Å². The van der Waals surface area contributed by atoms with Gasteiger partial charge >= 0.3 is 29.6 Å². The maximum absolute atomic E-state index is 12.5. The Bertz CT molecular complexity index is 821. The van der Waals surface area contributed by atoms with Gasteiger partial charge < -0.3 is 20.0 Å². The molecule has 0 aromatic carbocycles. The van der Waals surface area contributed by atoms with Crippen molar-refractivity contribution in [2.45, 2.75) is 16.6 Å². The summed E-state index contributed by atoms with van der Waals surface area (Å²) in [5.74, 6) is -0.917. The number of amides is 2. The summed E-state index contributed by atoms with van der Waals surface area (Å²) >= 11 is 3.96. The molecule has 29 heavy (non-hydrogen) atoms. The van der Waals surface area contributed by atoms with Gasteiger partial charge in [0.15, 0.2) is 0 Å². The molecule has 11 nitrogen and oxygen atoms in total. The molecule has 152 valence electrons. The van der Waals surface area contributed by atoms with Crippen molar-refractivity contribution < 1.29 is 53.8 Å². The van der Waals surface area contributed by atoms with Crippen LogP contribution in [0.15, 0.2) is 16.4 Å². The Kier molecular flexibility index (Phi) is 9.31. The molecule has 1 aromatic rings. The van der Waals surface area contributed by atoms with Crippen molar-refractivity contribution in [1.82, 2.24) is 30.4 Å². The van der Waals surface area contributed by atoms with Gasteiger partial charge in [-0.3, -0.25) is 14.5 Å². The van der Waals surface area contributed by atoms with E-state index in [0.29, 0.717) is 28.2 Å². The van der Waals surface area contributed by atoms with Crippen molar-refractivity contribution in [3.05, 3.63) is 11.3 Å². The molecule has 0 saturated carbocycles. The first-order valence-corrected chi connectivity index (χ1v) is 11.2. The maximum Gasteiger partial charge on any atom is 1.00 e. The second kappa shape index (κ2) is 11.0. The number of methoxy groups -OCH3 is 1. The van der Waals surface area contributed by atoms with Crippen LogP contribution in [-0.2, 0) is 26.2 Å². The Hall–Kier alpha value is -0.770. The predicted octanol–water partition coefficient (Wildman–Crippen LogP) is -4.95. The Morgan fingerprint density at radius 2 is 2.21 bits per heavy atom.